The molecule has 1 amide bonds. The van der Waals surface area contributed by atoms with Gasteiger partial charge in [-0.25, -0.2) is 4.79 Å². The minimum absolute atomic E-state index is 0.0274. The minimum atomic E-state index is -1.33. The number of rotatable bonds is 4. The molecule has 1 rings (SSSR count). The molecule has 6 nitrogen and oxygen atoms in total. The molecule has 0 radical (unpaired) electrons. The number of hydrogen-bond acceptors (Lipinski definition) is 5. The molecule has 0 spiro atoms. The molecule has 0 fully saturated rings. The number of methoxy groups -OCH3 is 1. The van der Waals surface area contributed by atoms with Crippen molar-refractivity contribution in [3.63, 3.8) is 0 Å². The number of nitrogens with one attached hydrogen (secondary N) is 1. The van der Waals surface area contributed by atoms with Gasteiger partial charge in [0.15, 0.2) is 0 Å². The zero-order chi connectivity index (χ0) is 15.3. The Kier molecular flexibility index (Phi) is 4.96. The monoisotopic (exact) mass is 280 g/mol. The van der Waals surface area contributed by atoms with Gasteiger partial charge in [0.05, 0.1) is 13.1 Å². The van der Waals surface area contributed by atoms with Gasteiger partial charge >= 0.3 is 6.09 Å². The lowest BCUT2D eigenvalue weighted by Gasteiger charge is -2.20. The Hall–Kier alpha value is -2.24. The summed E-state index contributed by atoms with van der Waals surface area (Å²) >= 11 is 0. The first kappa shape index (κ1) is 15.8. The van der Waals surface area contributed by atoms with Gasteiger partial charge in [-0.05, 0) is 38.5 Å². The molecule has 0 saturated carbocycles. The second kappa shape index (κ2) is 6.27. The van der Waals surface area contributed by atoms with Gasteiger partial charge in [-0.3, -0.25) is 0 Å². The van der Waals surface area contributed by atoms with Crippen LogP contribution in [0.2, 0.25) is 0 Å². The summed E-state index contributed by atoms with van der Waals surface area (Å²) in [5.41, 5.74) is -0.224. The number of carboxylic acids is 1. The maximum absolute atomic E-state index is 11.5. The summed E-state index contributed by atoms with van der Waals surface area (Å²) in [6.07, 6.45) is -0.613. The normalized spacial score (nSPS) is 10.8. The Balaban J connectivity index is 2.77. The number of carbonyl (C=O) groups excluding carboxylic acids is 2. The van der Waals surface area contributed by atoms with E-state index in [2.05, 4.69) is 5.32 Å². The van der Waals surface area contributed by atoms with Gasteiger partial charge in [-0.15, -0.1) is 0 Å². The van der Waals surface area contributed by atoms with Crippen LogP contribution in [0.4, 0.5) is 4.79 Å². The molecule has 0 heterocycles. The summed E-state index contributed by atoms with van der Waals surface area (Å²) in [6.45, 7) is 5.26. The molecule has 0 unspecified atom stereocenters. The highest BCUT2D eigenvalue weighted by Gasteiger charge is 2.16. The van der Waals surface area contributed by atoms with Crippen LogP contribution < -0.4 is 15.2 Å². The second-order valence-corrected chi connectivity index (χ2v) is 5.17. The Labute approximate surface area is 117 Å². The zero-order valence-electron chi connectivity index (χ0n) is 12.0. The molecule has 0 aliphatic carbocycles. The van der Waals surface area contributed by atoms with Crippen molar-refractivity contribution < 1.29 is 24.2 Å². The van der Waals surface area contributed by atoms with E-state index in [0.29, 0.717) is 11.3 Å². The smallest absolute Gasteiger partial charge is 0.407 e. The number of carbonyl (C=O) groups is 2. The Morgan fingerprint density at radius 3 is 2.45 bits per heavy atom. The van der Waals surface area contributed by atoms with Crippen molar-refractivity contribution in [2.75, 3.05) is 7.11 Å². The summed E-state index contributed by atoms with van der Waals surface area (Å²) < 4.78 is 10.0. The Bertz CT molecular complexity index is 505. The largest absolute Gasteiger partial charge is 0.545 e. The van der Waals surface area contributed by atoms with Gasteiger partial charge in [-0.1, -0.05) is 6.07 Å². The summed E-state index contributed by atoms with van der Waals surface area (Å²) in [6, 6.07) is 4.52. The minimum Gasteiger partial charge on any atom is -0.545 e. The van der Waals surface area contributed by atoms with E-state index >= 15 is 0 Å². The molecule has 6 heteroatoms. The highest BCUT2D eigenvalue weighted by Crippen LogP contribution is 2.17. The predicted molar refractivity (Wildman–Crippen MR) is 70.4 cm³/mol. The summed E-state index contributed by atoms with van der Waals surface area (Å²) in [5, 5.41) is 13.5. The lowest BCUT2D eigenvalue weighted by atomic mass is 10.1. The van der Waals surface area contributed by atoms with Gasteiger partial charge in [-0.2, -0.15) is 0 Å². The van der Waals surface area contributed by atoms with Crippen LogP contribution >= 0.6 is 0 Å². The van der Waals surface area contributed by atoms with E-state index in [-0.39, 0.29) is 12.1 Å². The number of aromatic carboxylic acids is 1. The fraction of sp³-hybridized carbons (Fsp3) is 0.429. The van der Waals surface area contributed by atoms with E-state index < -0.39 is 17.7 Å². The van der Waals surface area contributed by atoms with Crippen LogP contribution in [0.15, 0.2) is 18.2 Å². The molecule has 0 aromatic heterocycles. The number of amides is 1. The molecule has 1 aromatic carbocycles. The van der Waals surface area contributed by atoms with Gasteiger partial charge in [0, 0.05) is 12.1 Å². The molecule has 1 aromatic rings. The van der Waals surface area contributed by atoms with Crippen molar-refractivity contribution in [3.8, 4) is 5.75 Å². The first-order chi connectivity index (χ1) is 9.23. The topological polar surface area (TPSA) is 87.7 Å². The van der Waals surface area contributed by atoms with E-state index in [1.54, 1.807) is 32.9 Å². The third kappa shape index (κ3) is 4.79. The Morgan fingerprint density at radius 2 is 1.95 bits per heavy atom. The molecule has 1 N–H and O–H groups in total. The molecule has 0 bridgehead atoms. The molecule has 0 aliphatic heterocycles. The van der Waals surface area contributed by atoms with E-state index in [9.17, 15) is 14.7 Å². The van der Waals surface area contributed by atoms with Gasteiger partial charge in [0.2, 0.25) is 0 Å². The van der Waals surface area contributed by atoms with Crippen molar-refractivity contribution in [1.29, 1.82) is 0 Å². The van der Waals surface area contributed by atoms with Crippen molar-refractivity contribution in [3.05, 3.63) is 29.3 Å². The van der Waals surface area contributed by atoms with Crippen molar-refractivity contribution in [1.82, 2.24) is 5.32 Å². The fourth-order valence-corrected chi connectivity index (χ4v) is 1.51. The number of hydrogen-bond donors (Lipinski definition) is 1. The second-order valence-electron chi connectivity index (χ2n) is 5.17. The van der Waals surface area contributed by atoms with Crippen molar-refractivity contribution in [2.45, 2.75) is 32.9 Å². The number of ether oxygens (including phenoxy) is 2. The predicted octanol–water partition coefficient (Wildman–Crippen LogP) is 1.08. The van der Waals surface area contributed by atoms with Crippen LogP contribution in [0.25, 0.3) is 0 Å². The van der Waals surface area contributed by atoms with Crippen LogP contribution in [-0.4, -0.2) is 24.8 Å². The molecule has 20 heavy (non-hydrogen) atoms. The zero-order valence-corrected chi connectivity index (χ0v) is 12.0. The van der Waals surface area contributed by atoms with Crippen molar-refractivity contribution in [2.24, 2.45) is 0 Å². The average Bonchev–Trinajstić information content (AvgIpc) is 2.34. The highest BCUT2D eigenvalue weighted by molar-refractivity contribution is 5.88. The highest BCUT2D eigenvalue weighted by atomic mass is 16.6. The summed E-state index contributed by atoms with van der Waals surface area (Å²) in [5.74, 6) is -0.921. The third-order valence-corrected chi connectivity index (χ3v) is 2.36. The average molecular weight is 280 g/mol. The van der Waals surface area contributed by atoms with Gasteiger partial charge in [0.25, 0.3) is 0 Å². The SMILES string of the molecule is COc1ccc(CNC(=O)OC(C)(C)C)c(C(=O)[O-])c1. The van der Waals surface area contributed by atoms with Gasteiger partial charge < -0.3 is 24.7 Å². The van der Waals surface area contributed by atoms with Crippen LogP contribution in [0.3, 0.4) is 0 Å². The van der Waals surface area contributed by atoms with E-state index in [1.807, 2.05) is 0 Å². The van der Waals surface area contributed by atoms with Crippen LogP contribution in [0.1, 0.15) is 36.7 Å². The summed E-state index contributed by atoms with van der Waals surface area (Å²) in [7, 11) is 1.44. The van der Waals surface area contributed by atoms with E-state index in [0.717, 1.165) is 0 Å². The number of alkyl carbamates (subject to hydrolysis) is 1. The van der Waals surface area contributed by atoms with Gasteiger partial charge in [0.1, 0.15) is 11.4 Å². The molecular weight excluding hydrogens is 262 g/mol. The molecular formula is C14H18NO5-. The van der Waals surface area contributed by atoms with Crippen LogP contribution in [0, 0.1) is 0 Å². The molecule has 0 aliphatic rings. The third-order valence-electron chi connectivity index (χ3n) is 2.36. The molecule has 110 valence electrons. The standard InChI is InChI=1S/C14H19NO5/c1-14(2,3)20-13(18)15-8-9-5-6-10(19-4)7-11(9)12(16)17/h5-7H,8H2,1-4H3,(H,15,18)(H,16,17)/p-1. The van der Waals surface area contributed by atoms with E-state index in [4.69, 9.17) is 9.47 Å². The lowest BCUT2D eigenvalue weighted by molar-refractivity contribution is -0.255. The maximum Gasteiger partial charge on any atom is 0.407 e. The van der Waals surface area contributed by atoms with Crippen LogP contribution in [-0.2, 0) is 11.3 Å². The Morgan fingerprint density at radius 1 is 1.30 bits per heavy atom. The number of carboxylic acid groups (broad SMARTS) is 1. The van der Waals surface area contributed by atoms with E-state index in [1.165, 1.54) is 13.2 Å². The molecule has 0 saturated heterocycles. The molecule has 0 atom stereocenters. The number of benzene rings is 1. The summed E-state index contributed by atoms with van der Waals surface area (Å²) in [4.78, 5) is 22.6. The first-order valence-corrected chi connectivity index (χ1v) is 6.08. The fourth-order valence-electron chi connectivity index (χ4n) is 1.51. The quantitative estimate of drug-likeness (QED) is 0.891. The van der Waals surface area contributed by atoms with Crippen molar-refractivity contribution >= 4 is 12.1 Å². The lowest BCUT2D eigenvalue weighted by Crippen LogP contribution is -2.33. The maximum atomic E-state index is 11.5. The first-order valence-electron chi connectivity index (χ1n) is 6.08. The van der Waals surface area contributed by atoms with Crippen LogP contribution in [0.5, 0.6) is 5.75 Å².